The molecule has 1 fully saturated rings. The minimum Gasteiger partial charge on any atom is -0.508 e. The first-order chi connectivity index (χ1) is 16.0. The van der Waals surface area contributed by atoms with E-state index in [0.29, 0.717) is 18.4 Å². The Morgan fingerprint density at radius 2 is 1.74 bits per heavy atom. The van der Waals surface area contributed by atoms with E-state index in [-0.39, 0.29) is 25.1 Å². The summed E-state index contributed by atoms with van der Waals surface area (Å²) in [5.74, 6) is -4.36. The van der Waals surface area contributed by atoms with Crippen LogP contribution in [0.4, 0.5) is 0 Å². The zero-order valence-electron chi connectivity index (χ0n) is 18.3. The van der Waals surface area contributed by atoms with Crippen LogP contribution in [0, 0.1) is 0 Å². The number of primary amides is 1. The number of carbonyl (C=O) groups is 5. The minimum atomic E-state index is -1.58. The van der Waals surface area contributed by atoms with Gasteiger partial charge in [-0.1, -0.05) is 12.1 Å². The van der Waals surface area contributed by atoms with E-state index < -0.39 is 60.4 Å². The van der Waals surface area contributed by atoms with Gasteiger partial charge in [0, 0.05) is 13.0 Å². The highest BCUT2D eigenvalue weighted by atomic mass is 16.4. The largest absolute Gasteiger partial charge is 0.508 e. The van der Waals surface area contributed by atoms with Gasteiger partial charge in [0.25, 0.3) is 0 Å². The Bertz CT molecular complexity index is 922. The highest BCUT2D eigenvalue weighted by Gasteiger charge is 2.38. The van der Waals surface area contributed by atoms with Crippen molar-refractivity contribution in [2.45, 2.75) is 49.9 Å². The maximum absolute atomic E-state index is 13.0. The number of hydrogen-bond acceptors (Lipinski definition) is 8. The molecule has 1 aromatic rings. The normalized spacial score (nSPS) is 17.9. The summed E-state index contributed by atoms with van der Waals surface area (Å²) in [6, 6.07) is 0.838. The van der Waals surface area contributed by atoms with Crippen molar-refractivity contribution in [3.63, 3.8) is 0 Å². The van der Waals surface area contributed by atoms with Gasteiger partial charge in [-0.05, 0) is 30.5 Å². The quantitative estimate of drug-likeness (QED) is 0.173. The lowest BCUT2D eigenvalue weighted by Gasteiger charge is -2.28. The monoisotopic (exact) mass is 479 g/mol. The van der Waals surface area contributed by atoms with Crippen LogP contribution in [-0.4, -0.2) is 87.1 Å². The van der Waals surface area contributed by atoms with Gasteiger partial charge in [-0.25, -0.2) is 4.79 Å². The summed E-state index contributed by atoms with van der Waals surface area (Å²) >= 11 is 0. The van der Waals surface area contributed by atoms with Crippen molar-refractivity contribution in [2.75, 3.05) is 13.2 Å². The molecule has 0 radical (unpaired) electrons. The fourth-order valence-corrected chi connectivity index (χ4v) is 3.62. The topological polar surface area (TPSA) is 225 Å². The lowest BCUT2D eigenvalue weighted by molar-refractivity contribution is -0.144. The molecular formula is C21H29N5O8. The number of aliphatic hydroxyl groups excluding tert-OH is 1. The van der Waals surface area contributed by atoms with E-state index in [9.17, 15) is 34.2 Å². The van der Waals surface area contributed by atoms with Crippen LogP contribution in [0.5, 0.6) is 5.75 Å². The van der Waals surface area contributed by atoms with E-state index in [1.54, 1.807) is 0 Å². The van der Waals surface area contributed by atoms with Crippen LogP contribution in [0.2, 0.25) is 0 Å². The Morgan fingerprint density at radius 3 is 2.29 bits per heavy atom. The number of hydrogen-bond donors (Lipinski definition) is 7. The SMILES string of the molecule is NC(=O)CC(N)C(=O)N1CCCC1C(=O)NC(Cc1ccc(O)cc1)C(=O)NC(CO)C(=O)O. The second-order valence-corrected chi connectivity index (χ2v) is 7.98. The van der Waals surface area contributed by atoms with Crippen LogP contribution < -0.4 is 22.1 Å². The molecule has 0 bridgehead atoms. The molecule has 186 valence electrons. The Balaban J connectivity index is 2.19. The molecule has 0 aliphatic carbocycles. The van der Waals surface area contributed by atoms with Crippen molar-refractivity contribution in [3.8, 4) is 5.75 Å². The number of carbonyl (C=O) groups excluding carboxylic acids is 4. The summed E-state index contributed by atoms with van der Waals surface area (Å²) in [5.41, 5.74) is 11.4. The second kappa shape index (κ2) is 12.0. The predicted molar refractivity (Wildman–Crippen MR) is 117 cm³/mol. The van der Waals surface area contributed by atoms with Crippen LogP contribution in [0.25, 0.3) is 0 Å². The van der Waals surface area contributed by atoms with Crippen molar-refractivity contribution in [1.29, 1.82) is 0 Å². The van der Waals surface area contributed by atoms with Gasteiger partial charge in [0.1, 0.15) is 23.9 Å². The van der Waals surface area contributed by atoms with Gasteiger partial charge in [-0.3, -0.25) is 19.2 Å². The molecule has 0 spiro atoms. The molecule has 9 N–H and O–H groups in total. The number of phenols is 1. The predicted octanol–water partition coefficient (Wildman–Crippen LogP) is -2.83. The maximum atomic E-state index is 13.0. The molecule has 4 unspecified atom stereocenters. The van der Waals surface area contributed by atoms with Gasteiger partial charge in [0.15, 0.2) is 0 Å². The maximum Gasteiger partial charge on any atom is 0.328 e. The van der Waals surface area contributed by atoms with E-state index >= 15 is 0 Å². The zero-order valence-corrected chi connectivity index (χ0v) is 18.3. The molecule has 4 atom stereocenters. The minimum absolute atomic E-state index is 0.00702. The van der Waals surface area contributed by atoms with Crippen LogP contribution in [0.15, 0.2) is 24.3 Å². The lowest BCUT2D eigenvalue weighted by atomic mass is 10.0. The number of nitrogens with one attached hydrogen (secondary N) is 2. The van der Waals surface area contributed by atoms with Crippen LogP contribution >= 0.6 is 0 Å². The molecule has 13 nitrogen and oxygen atoms in total. The number of carboxylic acid groups (broad SMARTS) is 1. The molecule has 1 aliphatic rings. The van der Waals surface area contributed by atoms with E-state index in [0.717, 1.165) is 0 Å². The van der Waals surface area contributed by atoms with E-state index in [2.05, 4.69) is 10.6 Å². The number of likely N-dealkylation sites (tertiary alicyclic amines) is 1. The molecule has 4 amide bonds. The second-order valence-electron chi connectivity index (χ2n) is 7.98. The number of amides is 4. The molecular weight excluding hydrogens is 450 g/mol. The third-order valence-electron chi connectivity index (χ3n) is 5.38. The van der Waals surface area contributed by atoms with Crippen LogP contribution in [-0.2, 0) is 30.4 Å². The average molecular weight is 479 g/mol. The number of aromatic hydroxyl groups is 1. The van der Waals surface area contributed by atoms with E-state index in [1.165, 1.54) is 29.2 Å². The standard InChI is InChI=1S/C21H29N5O8/c22-13(9-17(23)29)20(32)26-7-1-2-16(26)19(31)24-14(8-11-3-5-12(28)6-4-11)18(30)25-15(10-27)21(33)34/h3-6,13-16,27-28H,1-2,7-10,22H2,(H2,23,29)(H,24,31)(H,25,30)(H,33,34). The summed E-state index contributed by atoms with van der Waals surface area (Å²) in [6.45, 7) is -0.632. The number of nitrogens with two attached hydrogens (primary N) is 2. The van der Waals surface area contributed by atoms with Crippen molar-refractivity contribution in [3.05, 3.63) is 29.8 Å². The van der Waals surface area contributed by atoms with Crippen molar-refractivity contribution in [2.24, 2.45) is 11.5 Å². The number of aliphatic carboxylic acids is 1. The van der Waals surface area contributed by atoms with Gasteiger partial charge in [-0.15, -0.1) is 0 Å². The number of phenolic OH excluding ortho intramolecular Hbond substituents is 1. The first-order valence-electron chi connectivity index (χ1n) is 10.6. The van der Waals surface area contributed by atoms with E-state index in [4.69, 9.17) is 16.6 Å². The van der Waals surface area contributed by atoms with Gasteiger partial charge in [-0.2, -0.15) is 0 Å². The van der Waals surface area contributed by atoms with Crippen LogP contribution in [0.1, 0.15) is 24.8 Å². The zero-order chi connectivity index (χ0) is 25.4. The highest BCUT2D eigenvalue weighted by molar-refractivity contribution is 5.95. The van der Waals surface area contributed by atoms with Crippen molar-refractivity contribution < 1.29 is 39.3 Å². The molecule has 0 saturated carbocycles. The number of carboxylic acids is 1. The fraction of sp³-hybridized carbons (Fsp3) is 0.476. The molecule has 0 aromatic heterocycles. The van der Waals surface area contributed by atoms with Crippen LogP contribution in [0.3, 0.4) is 0 Å². The van der Waals surface area contributed by atoms with Crippen molar-refractivity contribution >= 4 is 29.6 Å². The summed E-state index contributed by atoms with van der Waals surface area (Å²) in [4.78, 5) is 61.9. The summed E-state index contributed by atoms with van der Waals surface area (Å²) in [6.07, 6.45) is 0.348. The first-order valence-corrected chi connectivity index (χ1v) is 10.6. The number of nitrogens with zero attached hydrogens (tertiary/aromatic N) is 1. The number of benzene rings is 1. The number of aliphatic hydroxyl groups is 1. The van der Waals surface area contributed by atoms with Gasteiger partial charge in [0.2, 0.25) is 23.6 Å². The van der Waals surface area contributed by atoms with Gasteiger partial charge >= 0.3 is 5.97 Å². The Kier molecular flexibility index (Phi) is 9.33. The summed E-state index contributed by atoms with van der Waals surface area (Å²) in [7, 11) is 0. The summed E-state index contributed by atoms with van der Waals surface area (Å²) < 4.78 is 0. The molecule has 13 heteroatoms. The lowest BCUT2D eigenvalue weighted by Crippen LogP contribution is -2.57. The molecule has 1 heterocycles. The Hall–Kier alpha value is -3.71. The third-order valence-corrected chi connectivity index (χ3v) is 5.38. The first kappa shape index (κ1) is 26.5. The average Bonchev–Trinajstić information content (AvgIpc) is 3.27. The fourth-order valence-electron chi connectivity index (χ4n) is 3.62. The van der Waals surface area contributed by atoms with Crippen molar-refractivity contribution in [1.82, 2.24) is 15.5 Å². The molecule has 1 aliphatic heterocycles. The Labute approximate surface area is 195 Å². The molecule has 2 rings (SSSR count). The number of rotatable bonds is 11. The third kappa shape index (κ3) is 7.15. The smallest absolute Gasteiger partial charge is 0.328 e. The molecule has 1 saturated heterocycles. The highest BCUT2D eigenvalue weighted by Crippen LogP contribution is 2.19. The van der Waals surface area contributed by atoms with E-state index in [1.807, 2.05) is 0 Å². The van der Waals surface area contributed by atoms with Gasteiger partial charge < -0.3 is 42.3 Å². The molecule has 1 aromatic carbocycles. The molecule has 34 heavy (non-hydrogen) atoms. The van der Waals surface area contributed by atoms with Gasteiger partial charge in [0.05, 0.1) is 19.1 Å². The Morgan fingerprint density at radius 1 is 1.09 bits per heavy atom. The summed E-state index contributed by atoms with van der Waals surface area (Å²) in [5, 5.41) is 32.5.